The quantitative estimate of drug-likeness (QED) is 0.669. The Labute approximate surface area is 126 Å². The number of fused-ring (bicyclic) bond motifs is 1. The molecule has 4 rings (SSSR count). The van der Waals surface area contributed by atoms with Crippen LogP contribution >= 0.6 is 0 Å². The number of rotatable bonds is 0. The highest BCUT2D eigenvalue weighted by molar-refractivity contribution is 5.75. The minimum absolute atomic E-state index is 0.240. The maximum absolute atomic E-state index is 12.7. The standard InChI is InChI=1S/C18H22N2O/c21-18(19-10-7-16(8-11-19)15-5-6-15)20-12-9-14-3-1-2-4-17(14)13-20/h1-4H,5-13H2. The molecule has 0 spiro atoms. The molecule has 1 aromatic rings. The average Bonchev–Trinajstić information content (AvgIpc) is 3.39. The summed E-state index contributed by atoms with van der Waals surface area (Å²) in [6.07, 6.45) is 5.82. The first-order valence-corrected chi connectivity index (χ1v) is 8.11. The molecule has 2 fully saturated rings. The molecule has 2 aliphatic heterocycles. The van der Waals surface area contributed by atoms with Gasteiger partial charge in [-0.05, 0) is 43.2 Å². The first kappa shape index (κ1) is 12.9. The second-order valence-electron chi connectivity index (χ2n) is 6.42. The highest BCUT2D eigenvalue weighted by atomic mass is 16.2. The first-order chi connectivity index (χ1) is 10.3. The fourth-order valence-corrected chi connectivity index (χ4v) is 3.60. The van der Waals surface area contributed by atoms with Crippen molar-refractivity contribution in [2.75, 3.05) is 19.6 Å². The van der Waals surface area contributed by atoms with Crippen molar-refractivity contribution in [1.29, 1.82) is 0 Å². The Hall–Kier alpha value is -1.77. The van der Waals surface area contributed by atoms with Crippen LogP contribution < -0.4 is 0 Å². The van der Waals surface area contributed by atoms with Crippen molar-refractivity contribution in [3.05, 3.63) is 46.5 Å². The molecule has 1 saturated carbocycles. The highest BCUT2D eigenvalue weighted by Gasteiger charge is 2.28. The summed E-state index contributed by atoms with van der Waals surface area (Å²) in [4.78, 5) is 16.8. The fraction of sp³-hybridized carbons (Fsp3) is 0.500. The van der Waals surface area contributed by atoms with Crippen LogP contribution in [0.25, 0.3) is 0 Å². The van der Waals surface area contributed by atoms with E-state index in [4.69, 9.17) is 0 Å². The van der Waals surface area contributed by atoms with Crippen LogP contribution in [-0.2, 0) is 13.0 Å². The van der Waals surface area contributed by atoms with Crippen LogP contribution in [0.15, 0.2) is 35.4 Å². The number of carbonyl (C=O) groups is 1. The normalized spacial score (nSPS) is 21.3. The number of piperidine rings is 1. The molecule has 3 nitrogen and oxygen atoms in total. The topological polar surface area (TPSA) is 23.6 Å². The van der Waals surface area contributed by atoms with E-state index >= 15 is 0 Å². The zero-order chi connectivity index (χ0) is 14.2. The Morgan fingerprint density at radius 2 is 1.38 bits per heavy atom. The van der Waals surface area contributed by atoms with Gasteiger partial charge in [0.1, 0.15) is 0 Å². The molecule has 0 aromatic heterocycles. The number of allylic oxidation sites excluding steroid dienone is 1. The van der Waals surface area contributed by atoms with E-state index in [9.17, 15) is 4.79 Å². The number of hydrogen-bond acceptors (Lipinski definition) is 1. The number of hydrogen-bond donors (Lipinski definition) is 0. The van der Waals surface area contributed by atoms with Crippen LogP contribution in [0.2, 0.25) is 0 Å². The van der Waals surface area contributed by atoms with Crippen LogP contribution in [0, 0.1) is 0 Å². The summed E-state index contributed by atoms with van der Waals surface area (Å²) in [6.45, 7) is 3.46. The third-order valence-corrected chi connectivity index (χ3v) is 5.04. The summed E-state index contributed by atoms with van der Waals surface area (Å²) in [5.74, 6) is 0. The molecule has 2 heterocycles. The fourth-order valence-electron chi connectivity index (χ4n) is 3.60. The Bertz CT molecular complexity index is 589. The largest absolute Gasteiger partial charge is 0.324 e. The lowest BCUT2D eigenvalue weighted by Gasteiger charge is -2.36. The van der Waals surface area contributed by atoms with E-state index in [0.29, 0.717) is 0 Å². The van der Waals surface area contributed by atoms with Crippen molar-refractivity contribution in [3.8, 4) is 0 Å². The van der Waals surface area contributed by atoms with Crippen LogP contribution in [0.3, 0.4) is 0 Å². The molecule has 1 saturated heterocycles. The molecule has 0 bridgehead atoms. The Balaban J connectivity index is 1.41. The summed E-state index contributed by atoms with van der Waals surface area (Å²) in [5, 5.41) is 0. The zero-order valence-corrected chi connectivity index (χ0v) is 12.5. The van der Waals surface area contributed by atoms with Gasteiger partial charge in [0, 0.05) is 26.2 Å². The summed E-state index contributed by atoms with van der Waals surface area (Å²) in [7, 11) is 0. The molecular formula is C18H22N2O. The summed E-state index contributed by atoms with van der Waals surface area (Å²) < 4.78 is 0. The van der Waals surface area contributed by atoms with Crippen LogP contribution in [-0.4, -0.2) is 35.5 Å². The Morgan fingerprint density at radius 1 is 0.762 bits per heavy atom. The minimum atomic E-state index is 0.240. The average molecular weight is 282 g/mol. The lowest BCUT2D eigenvalue weighted by Crippen LogP contribution is -2.47. The maximum Gasteiger partial charge on any atom is 0.320 e. The van der Waals surface area contributed by atoms with Crippen molar-refractivity contribution in [2.24, 2.45) is 0 Å². The van der Waals surface area contributed by atoms with Crippen LogP contribution in [0.5, 0.6) is 0 Å². The van der Waals surface area contributed by atoms with E-state index in [-0.39, 0.29) is 6.03 Å². The predicted octanol–water partition coefficient (Wildman–Crippen LogP) is 3.35. The van der Waals surface area contributed by atoms with E-state index in [1.165, 1.54) is 24.0 Å². The smallest absolute Gasteiger partial charge is 0.320 e. The minimum Gasteiger partial charge on any atom is -0.324 e. The van der Waals surface area contributed by atoms with Gasteiger partial charge in [0.2, 0.25) is 0 Å². The van der Waals surface area contributed by atoms with Crippen molar-refractivity contribution >= 4 is 6.03 Å². The Kier molecular flexibility index (Phi) is 3.21. The van der Waals surface area contributed by atoms with Gasteiger partial charge in [-0.25, -0.2) is 4.79 Å². The van der Waals surface area contributed by atoms with E-state index in [1.54, 1.807) is 11.1 Å². The molecule has 1 aromatic carbocycles. The second kappa shape index (κ2) is 5.21. The number of urea groups is 1. The van der Waals surface area contributed by atoms with Gasteiger partial charge in [0.05, 0.1) is 0 Å². The van der Waals surface area contributed by atoms with E-state index < -0.39 is 0 Å². The molecule has 0 radical (unpaired) electrons. The number of amides is 2. The lowest BCUT2D eigenvalue weighted by atomic mass is 10.00. The molecule has 2 amide bonds. The van der Waals surface area contributed by atoms with E-state index in [2.05, 4.69) is 29.2 Å². The molecule has 3 heteroatoms. The SMILES string of the molecule is O=C(N1CCC(=C2CC2)CC1)N1CCc2ccccc2C1. The van der Waals surface area contributed by atoms with Crippen LogP contribution in [0.1, 0.15) is 36.8 Å². The monoisotopic (exact) mass is 282 g/mol. The molecule has 3 aliphatic rings. The zero-order valence-electron chi connectivity index (χ0n) is 12.5. The van der Waals surface area contributed by atoms with Crippen molar-refractivity contribution in [3.63, 3.8) is 0 Å². The third-order valence-electron chi connectivity index (χ3n) is 5.04. The van der Waals surface area contributed by atoms with Gasteiger partial charge in [-0.3, -0.25) is 0 Å². The van der Waals surface area contributed by atoms with Gasteiger partial charge in [-0.2, -0.15) is 0 Å². The number of carbonyl (C=O) groups excluding carboxylic acids is 1. The highest BCUT2D eigenvalue weighted by Crippen LogP contribution is 2.36. The van der Waals surface area contributed by atoms with E-state index in [0.717, 1.165) is 45.4 Å². The molecule has 21 heavy (non-hydrogen) atoms. The van der Waals surface area contributed by atoms with Crippen molar-refractivity contribution < 1.29 is 4.79 Å². The number of nitrogens with zero attached hydrogens (tertiary/aromatic N) is 2. The van der Waals surface area contributed by atoms with Gasteiger partial charge < -0.3 is 9.80 Å². The van der Waals surface area contributed by atoms with E-state index in [1.807, 2.05) is 4.90 Å². The Morgan fingerprint density at radius 3 is 2.10 bits per heavy atom. The summed E-state index contributed by atoms with van der Waals surface area (Å²) in [5.41, 5.74) is 6.04. The third kappa shape index (κ3) is 2.57. The molecular weight excluding hydrogens is 260 g/mol. The summed E-state index contributed by atoms with van der Waals surface area (Å²) >= 11 is 0. The number of benzene rings is 1. The van der Waals surface area contributed by atoms with Gasteiger partial charge >= 0.3 is 6.03 Å². The van der Waals surface area contributed by atoms with Crippen molar-refractivity contribution in [1.82, 2.24) is 9.80 Å². The molecule has 0 unspecified atom stereocenters. The first-order valence-electron chi connectivity index (χ1n) is 8.11. The lowest BCUT2D eigenvalue weighted by molar-refractivity contribution is 0.144. The second-order valence-corrected chi connectivity index (χ2v) is 6.42. The predicted molar refractivity (Wildman–Crippen MR) is 83.0 cm³/mol. The van der Waals surface area contributed by atoms with Gasteiger partial charge in [-0.1, -0.05) is 35.4 Å². The number of likely N-dealkylation sites (tertiary alicyclic amines) is 1. The summed E-state index contributed by atoms with van der Waals surface area (Å²) in [6, 6.07) is 8.74. The molecule has 110 valence electrons. The van der Waals surface area contributed by atoms with Gasteiger partial charge in [0.25, 0.3) is 0 Å². The molecule has 1 aliphatic carbocycles. The molecule has 0 atom stereocenters. The van der Waals surface area contributed by atoms with Crippen LogP contribution in [0.4, 0.5) is 4.79 Å². The van der Waals surface area contributed by atoms with Crippen molar-refractivity contribution in [2.45, 2.75) is 38.6 Å². The van der Waals surface area contributed by atoms with Gasteiger partial charge in [0.15, 0.2) is 0 Å². The maximum atomic E-state index is 12.7. The molecule has 0 N–H and O–H groups in total. The van der Waals surface area contributed by atoms with Gasteiger partial charge in [-0.15, -0.1) is 0 Å².